The summed E-state index contributed by atoms with van der Waals surface area (Å²) in [5, 5.41) is 8.95. The maximum atomic E-state index is 12.7. The van der Waals surface area contributed by atoms with Crippen molar-refractivity contribution in [3.8, 4) is 6.07 Å². The molecule has 0 bridgehead atoms. The summed E-state index contributed by atoms with van der Waals surface area (Å²) in [6, 6.07) is 17.4. The highest BCUT2D eigenvalue weighted by molar-refractivity contribution is 6.22. The summed E-state index contributed by atoms with van der Waals surface area (Å²) in [6.45, 7) is 2.13. The summed E-state index contributed by atoms with van der Waals surface area (Å²) in [6.07, 6.45) is 2.88. The molecular formula is C20H17NO. The lowest BCUT2D eigenvalue weighted by Gasteiger charge is -2.08. The minimum Gasteiger partial charge on any atom is -0.289 e. The molecule has 0 saturated carbocycles. The molecule has 22 heavy (non-hydrogen) atoms. The smallest absolute Gasteiger partial charge is 0.190 e. The van der Waals surface area contributed by atoms with Crippen LogP contribution in [0, 0.1) is 11.3 Å². The van der Waals surface area contributed by atoms with Crippen LogP contribution in [0.3, 0.4) is 0 Å². The van der Waals surface area contributed by atoms with Crippen LogP contribution in [0.5, 0.6) is 0 Å². The van der Waals surface area contributed by atoms with Gasteiger partial charge < -0.3 is 0 Å². The number of hydrogen-bond acceptors (Lipinski definition) is 2. The third-order valence-corrected chi connectivity index (χ3v) is 4.10. The van der Waals surface area contributed by atoms with E-state index >= 15 is 0 Å². The Morgan fingerprint density at radius 1 is 1.00 bits per heavy atom. The van der Waals surface area contributed by atoms with Crippen molar-refractivity contribution < 1.29 is 4.79 Å². The van der Waals surface area contributed by atoms with Crippen LogP contribution in [-0.2, 0) is 0 Å². The zero-order chi connectivity index (χ0) is 15.5. The Labute approximate surface area is 130 Å². The van der Waals surface area contributed by atoms with Crippen molar-refractivity contribution in [1.29, 1.82) is 5.26 Å². The summed E-state index contributed by atoms with van der Waals surface area (Å²) in [5.41, 5.74) is 5.42. The largest absolute Gasteiger partial charge is 0.289 e. The molecule has 0 saturated heterocycles. The number of nitriles is 1. The normalized spacial score (nSPS) is 13.2. The number of carbonyl (C=O) groups is 1. The van der Waals surface area contributed by atoms with Gasteiger partial charge >= 0.3 is 0 Å². The number of ketones is 1. The molecule has 0 atom stereocenters. The molecule has 3 rings (SSSR count). The number of carbonyl (C=O) groups excluding carboxylic acids is 1. The topological polar surface area (TPSA) is 40.9 Å². The Kier molecular flexibility index (Phi) is 3.89. The van der Waals surface area contributed by atoms with E-state index in [0.717, 1.165) is 47.1 Å². The molecule has 0 radical (unpaired) electrons. The summed E-state index contributed by atoms with van der Waals surface area (Å²) in [4.78, 5) is 12.7. The van der Waals surface area contributed by atoms with Crippen LogP contribution in [-0.4, -0.2) is 5.78 Å². The van der Waals surface area contributed by atoms with Gasteiger partial charge in [-0.1, -0.05) is 49.7 Å². The number of nitrogens with zero attached hydrogens (tertiary/aromatic N) is 1. The van der Waals surface area contributed by atoms with E-state index in [-0.39, 0.29) is 5.78 Å². The first-order chi connectivity index (χ1) is 10.8. The summed E-state index contributed by atoms with van der Waals surface area (Å²) < 4.78 is 0. The molecule has 2 aromatic carbocycles. The first-order valence-corrected chi connectivity index (χ1v) is 7.64. The second-order valence-electron chi connectivity index (χ2n) is 5.52. The average Bonchev–Trinajstić information content (AvgIpc) is 2.86. The molecule has 1 aliphatic rings. The number of benzene rings is 2. The molecule has 0 aromatic heterocycles. The lowest BCUT2D eigenvalue weighted by Crippen LogP contribution is -1.98. The Hall–Kier alpha value is -2.66. The number of Topliss-reactive ketones (excluding diaryl/α,β-unsaturated/α-hetero) is 1. The van der Waals surface area contributed by atoms with E-state index in [1.165, 1.54) is 0 Å². The van der Waals surface area contributed by atoms with Crippen LogP contribution in [0.1, 0.15) is 53.2 Å². The lowest BCUT2D eigenvalue weighted by atomic mass is 9.95. The number of hydrogen-bond donors (Lipinski definition) is 0. The van der Waals surface area contributed by atoms with Gasteiger partial charge in [-0.15, -0.1) is 0 Å². The van der Waals surface area contributed by atoms with Gasteiger partial charge in [0.15, 0.2) is 5.78 Å². The van der Waals surface area contributed by atoms with Gasteiger partial charge in [0, 0.05) is 11.1 Å². The Morgan fingerprint density at radius 3 is 2.32 bits per heavy atom. The highest BCUT2D eigenvalue weighted by Crippen LogP contribution is 2.39. The van der Waals surface area contributed by atoms with Gasteiger partial charge in [0.25, 0.3) is 0 Å². The van der Waals surface area contributed by atoms with Gasteiger partial charge in [0.05, 0.1) is 11.6 Å². The van der Waals surface area contributed by atoms with E-state index < -0.39 is 0 Å². The van der Waals surface area contributed by atoms with Gasteiger partial charge in [-0.3, -0.25) is 4.79 Å². The summed E-state index contributed by atoms with van der Waals surface area (Å²) in [7, 11) is 0. The van der Waals surface area contributed by atoms with Crippen LogP contribution in [0.25, 0.3) is 5.57 Å². The van der Waals surface area contributed by atoms with E-state index in [1.54, 1.807) is 0 Å². The number of rotatable bonds is 4. The van der Waals surface area contributed by atoms with E-state index in [2.05, 4.69) is 13.0 Å². The fourth-order valence-electron chi connectivity index (χ4n) is 2.97. The molecule has 0 spiro atoms. The zero-order valence-electron chi connectivity index (χ0n) is 12.6. The second-order valence-corrected chi connectivity index (χ2v) is 5.52. The minimum atomic E-state index is 0.156. The maximum Gasteiger partial charge on any atom is 0.190 e. The van der Waals surface area contributed by atoms with Crippen LogP contribution in [0.2, 0.25) is 0 Å². The summed E-state index contributed by atoms with van der Waals surface area (Å²) >= 11 is 0. The number of unbranched alkanes of at least 4 members (excludes halogenated alkanes) is 1. The fraction of sp³-hybridized carbons (Fsp3) is 0.200. The Bertz CT molecular complexity index is 791. The Morgan fingerprint density at radius 2 is 1.68 bits per heavy atom. The predicted octanol–water partition coefficient (Wildman–Crippen LogP) is 4.75. The predicted molar refractivity (Wildman–Crippen MR) is 87.5 cm³/mol. The minimum absolute atomic E-state index is 0.156. The van der Waals surface area contributed by atoms with Gasteiger partial charge in [0.2, 0.25) is 0 Å². The van der Waals surface area contributed by atoms with E-state index in [1.807, 2.05) is 48.5 Å². The fourth-order valence-corrected chi connectivity index (χ4v) is 2.97. The van der Waals surface area contributed by atoms with Crippen molar-refractivity contribution >= 4 is 11.4 Å². The van der Waals surface area contributed by atoms with Crippen LogP contribution in [0.15, 0.2) is 54.1 Å². The van der Waals surface area contributed by atoms with E-state index in [4.69, 9.17) is 5.26 Å². The molecule has 2 heteroatoms. The van der Waals surface area contributed by atoms with Crippen LogP contribution < -0.4 is 0 Å². The molecule has 0 N–H and O–H groups in total. The highest BCUT2D eigenvalue weighted by atomic mass is 16.1. The number of fused-ring (bicyclic) bond motifs is 1. The van der Waals surface area contributed by atoms with Gasteiger partial charge in [-0.2, -0.15) is 5.26 Å². The molecule has 108 valence electrons. The maximum absolute atomic E-state index is 12.7. The zero-order valence-corrected chi connectivity index (χ0v) is 12.6. The van der Waals surface area contributed by atoms with Crippen molar-refractivity contribution in [3.05, 3.63) is 76.4 Å². The van der Waals surface area contributed by atoms with Gasteiger partial charge in [0.1, 0.15) is 0 Å². The highest BCUT2D eigenvalue weighted by Gasteiger charge is 2.29. The Balaban J connectivity index is 2.14. The molecule has 2 nitrogen and oxygen atoms in total. The van der Waals surface area contributed by atoms with E-state index in [0.29, 0.717) is 5.56 Å². The SMILES string of the molecule is CCCCC1=C(c2ccc(C#N)cc2)c2ccccc2C1=O. The number of allylic oxidation sites excluding steroid dienone is 1. The van der Waals surface area contributed by atoms with Crippen molar-refractivity contribution in [1.82, 2.24) is 0 Å². The van der Waals surface area contributed by atoms with Crippen molar-refractivity contribution in [2.75, 3.05) is 0 Å². The van der Waals surface area contributed by atoms with E-state index in [9.17, 15) is 4.79 Å². The molecule has 2 aromatic rings. The van der Waals surface area contributed by atoms with Crippen molar-refractivity contribution in [2.45, 2.75) is 26.2 Å². The quantitative estimate of drug-likeness (QED) is 0.814. The second kappa shape index (κ2) is 5.99. The molecule has 0 heterocycles. The molecular weight excluding hydrogens is 270 g/mol. The molecule has 0 fully saturated rings. The molecule has 0 amide bonds. The van der Waals surface area contributed by atoms with Crippen LogP contribution >= 0.6 is 0 Å². The standard InChI is InChI=1S/C20H17NO/c1-2-3-6-18-19(15-11-9-14(13-21)10-12-15)16-7-4-5-8-17(16)20(18)22/h4-5,7-12H,2-3,6H2,1H3. The third kappa shape index (κ3) is 2.35. The van der Waals surface area contributed by atoms with Gasteiger partial charge in [-0.25, -0.2) is 0 Å². The lowest BCUT2D eigenvalue weighted by molar-refractivity contribution is 0.103. The molecule has 0 aliphatic heterocycles. The summed E-state index contributed by atoms with van der Waals surface area (Å²) in [5.74, 6) is 0.156. The van der Waals surface area contributed by atoms with Crippen molar-refractivity contribution in [3.63, 3.8) is 0 Å². The first-order valence-electron chi connectivity index (χ1n) is 7.64. The molecule has 0 unspecified atom stereocenters. The van der Waals surface area contributed by atoms with Crippen LogP contribution in [0.4, 0.5) is 0 Å². The average molecular weight is 287 g/mol. The van der Waals surface area contributed by atoms with Gasteiger partial charge in [-0.05, 0) is 41.7 Å². The van der Waals surface area contributed by atoms with Crippen molar-refractivity contribution in [2.24, 2.45) is 0 Å². The monoisotopic (exact) mass is 287 g/mol. The third-order valence-electron chi connectivity index (χ3n) is 4.10. The molecule has 1 aliphatic carbocycles. The first kappa shape index (κ1) is 14.3.